The first kappa shape index (κ1) is 19.3. The lowest BCUT2D eigenvalue weighted by Gasteiger charge is -2.28. The molecule has 1 heterocycles. The van der Waals surface area contributed by atoms with Crippen molar-refractivity contribution in [1.29, 1.82) is 0 Å². The van der Waals surface area contributed by atoms with Crippen LogP contribution in [-0.2, 0) is 4.79 Å². The molecule has 2 aliphatic rings. The number of nitroso groups, excluding NO2 is 1. The molecule has 3 atom stereocenters. The summed E-state index contributed by atoms with van der Waals surface area (Å²) in [4.78, 5) is 25.8. The number of nitrogens with zero attached hydrogens (tertiary/aromatic N) is 2. The Morgan fingerprint density at radius 1 is 1.52 bits per heavy atom. The zero-order valence-electron chi connectivity index (χ0n) is 14.2. The first-order valence-electron chi connectivity index (χ1n) is 8.63. The van der Waals surface area contributed by atoms with Gasteiger partial charge >= 0.3 is 5.97 Å². The van der Waals surface area contributed by atoms with Crippen LogP contribution in [0.3, 0.4) is 0 Å². The summed E-state index contributed by atoms with van der Waals surface area (Å²) in [7, 11) is 0. The zero-order chi connectivity index (χ0) is 18.3. The highest BCUT2D eigenvalue weighted by Crippen LogP contribution is 2.28. The predicted molar refractivity (Wildman–Crippen MR) is 95.4 cm³/mol. The molecule has 0 amide bonds. The number of aliphatic hydroxyl groups is 1. The van der Waals surface area contributed by atoms with Crippen molar-refractivity contribution in [2.75, 3.05) is 13.1 Å². The van der Waals surface area contributed by atoms with Crippen LogP contribution < -0.4 is 11.1 Å². The Balaban J connectivity index is 1.78. The van der Waals surface area contributed by atoms with E-state index in [1.165, 1.54) is 0 Å². The summed E-state index contributed by atoms with van der Waals surface area (Å²) in [6, 6.07) is -1.43. The first-order chi connectivity index (χ1) is 11.9. The van der Waals surface area contributed by atoms with E-state index in [4.69, 9.17) is 10.8 Å². The fourth-order valence-corrected chi connectivity index (χ4v) is 3.00. The van der Waals surface area contributed by atoms with E-state index in [1.54, 1.807) is 18.2 Å². The minimum atomic E-state index is -1.29. The fraction of sp³-hybridized carbons (Fsp3) is 0.647. The summed E-state index contributed by atoms with van der Waals surface area (Å²) in [5.74, 6) is -0.390. The zero-order valence-corrected chi connectivity index (χ0v) is 14.2. The van der Waals surface area contributed by atoms with Gasteiger partial charge in [-0.1, -0.05) is 23.4 Å². The van der Waals surface area contributed by atoms with Crippen LogP contribution in [0.4, 0.5) is 0 Å². The monoisotopic (exact) mass is 350 g/mol. The van der Waals surface area contributed by atoms with Crippen LogP contribution in [0.2, 0.25) is 0 Å². The first-order valence-corrected chi connectivity index (χ1v) is 8.63. The molecular weight excluding hydrogens is 324 g/mol. The molecule has 0 aromatic carbocycles. The summed E-state index contributed by atoms with van der Waals surface area (Å²) < 4.78 is 0. The summed E-state index contributed by atoms with van der Waals surface area (Å²) in [6.45, 7) is 1.71. The molecule has 2 unspecified atom stereocenters. The Morgan fingerprint density at radius 3 is 2.88 bits per heavy atom. The highest BCUT2D eigenvalue weighted by atomic mass is 16.4. The normalized spacial score (nSPS) is 25.4. The lowest BCUT2D eigenvalue weighted by atomic mass is 9.85. The van der Waals surface area contributed by atoms with E-state index < -0.39 is 17.6 Å². The number of carboxylic acids is 1. The van der Waals surface area contributed by atoms with Gasteiger partial charge in [-0.15, -0.1) is 4.91 Å². The third-order valence-electron chi connectivity index (χ3n) is 4.57. The Kier molecular flexibility index (Phi) is 6.83. The highest BCUT2D eigenvalue weighted by Gasteiger charge is 2.27. The van der Waals surface area contributed by atoms with Gasteiger partial charge in [-0.25, -0.2) is 4.79 Å². The molecule has 0 aromatic heterocycles. The van der Waals surface area contributed by atoms with Crippen molar-refractivity contribution < 1.29 is 15.0 Å². The minimum Gasteiger partial charge on any atom is -0.480 e. The topological polar surface area (TPSA) is 137 Å². The molecule has 138 valence electrons. The van der Waals surface area contributed by atoms with Gasteiger partial charge in [0.1, 0.15) is 5.84 Å². The number of allylic oxidation sites excluding steroid dienone is 1. The number of carbonyl (C=O) groups is 1. The van der Waals surface area contributed by atoms with Crippen molar-refractivity contribution >= 4 is 11.8 Å². The minimum absolute atomic E-state index is 0.0434. The molecule has 2 rings (SSSR count). The predicted octanol–water partition coefficient (Wildman–Crippen LogP) is 1.10. The van der Waals surface area contributed by atoms with E-state index in [-0.39, 0.29) is 12.5 Å². The standard InChI is InChI=1S/C17H26N4O4/c18-13(15-19-9-2-10-20-15)3-1-6-17(24)7-4-12(5-8-17)11-14(21-25)16(22)23/h4-5,7,13-14,24H,1-3,6,8-11,18H2,(H,19,20)(H,22,23)/t13?,14-,17?/m0/s1. The molecule has 0 saturated carbocycles. The molecule has 1 aliphatic heterocycles. The molecule has 5 N–H and O–H groups in total. The molecule has 0 fully saturated rings. The number of carboxylic acid groups (broad SMARTS) is 1. The smallest absolute Gasteiger partial charge is 0.332 e. The van der Waals surface area contributed by atoms with Gasteiger partial charge in [0, 0.05) is 19.5 Å². The molecular formula is C17H26N4O4. The number of aliphatic imine (C=N–C) groups is 1. The second-order valence-corrected chi connectivity index (χ2v) is 6.63. The lowest BCUT2D eigenvalue weighted by Crippen LogP contribution is -2.43. The lowest BCUT2D eigenvalue weighted by molar-refractivity contribution is -0.138. The third-order valence-corrected chi connectivity index (χ3v) is 4.57. The summed E-state index contributed by atoms with van der Waals surface area (Å²) in [5, 5.41) is 25.3. The summed E-state index contributed by atoms with van der Waals surface area (Å²) >= 11 is 0. The Labute approximate surface area is 146 Å². The van der Waals surface area contributed by atoms with Crippen LogP contribution >= 0.6 is 0 Å². The average Bonchev–Trinajstić information content (AvgIpc) is 2.61. The Morgan fingerprint density at radius 2 is 2.32 bits per heavy atom. The van der Waals surface area contributed by atoms with E-state index in [0.29, 0.717) is 18.4 Å². The largest absolute Gasteiger partial charge is 0.480 e. The number of nitrogens with two attached hydrogens (primary N) is 1. The third kappa shape index (κ3) is 5.75. The van der Waals surface area contributed by atoms with Crippen LogP contribution in [0.15, 0.2) is 34.0 Å². The maximum Gasteiger partial charge on any atom is 0.332 e. The molecule has 8 nitrogen and oxygen atoms in total. The van der Waals surface area contributed by atoms with E-state index in [9.17, 15) is 14.8 Å². The van der Waals surface area contributed by atoms with Gasteiger partial charge < -0.3 is 21.3 Å². The van der Waals surface area contributed by atoms with Crippen LogP contribution in [-0.4, -0.2) is 52.8 Å². The van der Waals surface area contributed by atoms with Crippen molar-refractivity contribution in [3.05, 3.63) is 28.7 Å². The molecule has 0 spiro atoms. The number of amidine groups is 1. The maximum atomic E-state index is 10.8. The number of nitrogens with one attached hydrogen (secondary N) is 1. The van der Waals surface area contributed by atoms with Crippen molar-refractivity contribution in [3.8, 4) is 0 Å². The van der Waals surface area contributed by atoms with Gasteiger partial charge in [0.2, 0.25) is 0 Å². The maximum absolute atomic E-state index is 10.8. The van der Waals surface area contributed by atoms with Gasteiger partial charge in [-0.2, -0.15) is 0 Å². The average molecular weight is 350 g/mol. The van der Waals surface area contributed by atoms with Crippen LogP contribution in [0.5, 0.6) is 0 Å². The SMILES string of the molecule is NC(CCCC1(O)C=CC(C[C@H](N=O)C(=O)O)=CC1)C1=NCCCN1. The number of hydrogen-bond donors (Lipinski definition) is 4. The summed E-state index contributed by atoms with van der Waals surface area (Å²) in [6.07, 6.45) is 8.62. The van der Waals surface area contributed by atoms with Crippen molar-refractivity contribution in [2.24, 2.45) is 15.9 Å². The molecule has 0 bridgehead atoms. The Hall–Kier alpha value is -2.06. The summed E-state index contributed by atoms with van der Waals surface area (Å²) in [5.41, 5.74) is 5.87. The second-order valence-electron chi connectivity index (χ2n) is 6.63. The Bertz CT molecular complexity index is 587. The van der Waals surface area contributed by atoms with Gasteiger partial charge in [-0.05, 0) is 37.7 Å². The van der Waals surface area contributed by atoms with Crippen LogP contribution in [0.1, 0.15) is 38.5 Å². The van der Waals surface area contributed by atoms with Crippen LogP contribution in [0.25, 0.3) is 0 Å². The fourth-order valence-electron chi connectivity index (χ4n) is 3.00. The number of rotatable bonds is 9. The van der Waals surface area contributed by atoms with E-state index in [2.05, 4.69) is 15.5 Å². The number of hydrogen-bond acceptors (Lipinski definition) is 7. The van der Waals surface area contributed by atoms with Gasteiger partial charge in [0.25, 0.3) is 0 Å². The molecule has 8 heteroatoms. The molecule has 25 heavy (non-hydrogen) atoms. The quantitative estimate of drug-likeness (QED) is 0.460. The van der Waals surface area contributed by atoms with Gasteiger partial charge in [0.15, 0.2) is 6.04 Å². The van der Waals surface area contributed by atoms with Crippen molar-refractivity contribution in [3.63, 3.8) is 0 Å². The van der Waals surface area contributed by atoms with Crippen LogP contribution in [0, 0.1) is 4.91 Å². The molecule has 0 aromatic rings. The highest BCUT2D eigenvalue weighted by molar-refractivity contribution is 5.87. The van der Waals surface area contributed by atoms with Gasteiger partial charge in [0.05, 0.1) is 11.6 Å². The van der Waals surface area contributed by atoms with E-state index in [1.807, 2.05) is 0 Å². The van der Waals surface area contributed by atoms with Crippen molar-refractivity contribution in [2.45, 2.75) is 56.2 Å². The molecule has 0 saturated heterocycles. The van der Waals surface area contributed by atoms with Crippen molar-refractivity contribution in [1.82, 2.24) is 5.32 Å². The van der Waals surface area contributed by atoms with Gasteiger partial charge in [-0.3, -0.25) is 4.99 Å². The molecule has 1 aliphatic carbocycles. The number of aliphatic carboxylic acids is 1. The second kappa shape index (κ2) is 8.87. The van der Waals surface area contributed by atoms with E-state index >= 15 is 0 Å². The van der Waals surface area contributed by atoms with E-state index in [0.717, 1.165) is 38.2 Å². The molecule has 0 radical (unpaired) electrons.